The van der Waals surface area contributed by atoms with Crippen LogP contribution in [0.5, 0.6) is 0 Å². The Hall–Kier alpha value is -0.620. The van der Waals surface area contributed by atoms with E-state index in [0.29, 0.717) is 5.92 Å². The first-order valence-electron chi connectivity index (χ1n) is 7.22. The Morgan fingerprint density at radius 2 is 2.19 bits per heavy atom. The number of furan rings is 1. The Morgan fingerprint density at radius 1 is 1.38 bits per heavy atom. The lowest BCUT2D eigenvalue weighted by Crippen LogP contribution is -2.21. The number of halogens is 1. The lowest BCUT2D eigenvalue weighted by atomic mass is 10.2. The quantitative estimate of drug-likeness (QED) is 0.742. The second-order valence-electron chi connectivity index (χ2n) is 5.83. The normalized spacial score (nSPS) is 11.7. The maximum atomic E-state index is 5.65. The first kappa shape index (κ1) is 16.7. The zero-order valence-corrected chi connectivity index (χ0v) is 15.3. The van der Waals surface area contributed by atoms with Crippen molar-refractivity contribution in [1.82, 2.24) is 10.2 Å². The molecule has 1 N–H and O–H groups in total. The van der Waals surface area contributed by atoms with Crippen molar-refractivity contribution in [1.29, 1.82) is 0 Å². The van der Waals surface area contributed by atoms with Gasteiger partial charge in [0.05, 0.1) is 16.6 Å². The molecule has 0 atom stereocenters. The molecule has 0 saturated carbocycles. The maximum Gasteiger partial charge on any atom is 0.122 e. The molecule has 0 bridgehead atoms. The van der Waals surface area contributed by atoms with E-state index in [-0.39, 0.29) is 0 Å². The number of rotatable bonds is 8. The van der Waals surface area contributed by atoms with E-state index in [2.05, 4.69) is 64.6 Å². The molecular formula is C16H23BrN2OS. The molecule has 0 aromatic carbocycles. The summed E-state index contributed by atoms with van der Waals surface area (Å²) in [6.07, 6.45) is 1.79. The molecule has 0 aliphatic rings. The van der Waals surface area contributed by atoms with Gasteiger partial charge in [0, 0.05) is 18.7 Å². The second-order valence-corrected chi connectivity index (χ2v) is 8.12. The fourth-order valence-corrected chi connectivity index (χ4v) is 3.40. The molecule has 0 amide bonds. The van der Waals surface area contributed by atoms with Crippen LogP contribution in [0.3, 0.4) is 0 Å². The van der Waals surface area contributed by atoms with Gasteiger partial charge < -0.3 is 9.73 Å². The average molecular weight is 371 g/mol. The van der Waals surface area contributed by atoms with Crippen LogP contribution in [0.2, 0.25) is 0 Å². The summed E-state index contributed by atoms with van der Waals surface area (Å²) in [7, 11) is 2.12. The Balaban J connectivity index is 1.86. The molecule has 0 saturated heterocycles. The second kappa shape index (κ2) is 8.13. The van der Waals surface area contributed by atoms with Crippen molar-refractivity contribution in [2.45, 2.75) is 33.5 Å². The number of nitrogens with one attached hydrogen (secondary N) is 1. The van der Waals surface area contributed by atoms with Crippen LogP contribution in [0.25, 0.3) is 0 Å². The van der Waals surface area contributed by atoms with E-state index < -0.39 is 0 Å². The minimum atomic E-state index is 0.667. The predicted molar refractivity (Wildman–Crippen MR) is 92.4 cm³/mol. The van der Waals surface area contributed by atoms with Crippen molar-refractivity contribution in [3.8, 4) is 0 Å². The monoisotopic (exact) mass is 370 g/mol. The van der Waals surface area contributed by atoms with Crippen molar-refractivity contribution in [3.63, 3.8) is 0 Å². The summed E-state index contributed by atoms with van der Waals surface area (Å²) in [4.78, 5) is 2.28. The molecule has 2 aromatic rings. The van der Waals surface area contributed by atoms with E-state index >= 15 is 0 Å². The molecule has 2 heterocycles. The minimum absolute atomic E-state index is 0.667. The molecule has 0 aliphatic heterocycles. The van der Waals surface area contributed by atoms with Gasteiger partial charge in [-0.25, -0.2) is 0 Å². The van der Waals surface area contributed by atoms with Crippen molar-refractivity contribution < 1.29 is 4.42 Å². The van der Waals surface area contributed by atoms with E-state index in [4.69, 9.17) is 4.42 Å². The highest BCUT2D eigenvalue weighted by atomic mass is 79.9. The van der Waals surface area contributed by atoms with Crippen molar-refractivity contribution in [2.24, 2.45) is 5.92 Å². The molecule has 21 heavy (non-hydrogen) atoms. The molecule has 116 valence electrons. The van der Waals surface area contributed by atoms with Crippen molar-refractivity contribution in [3.05, 3.63) is 44.4 Å². The third-order valence-electron chi connectivity index (χ3n) is 3.19. The molecule has 2 aromatic heterocycles. The summed E-state index contributed by atoms with van der Waals surface area (Å²) in [5, 5.41) is 5.66. The molecular weight excluding hydrogens is 348 g/mol. The fourth-order valence-electron chi connectivity index (χ4n) is 2.20. The molecule has 0 unspecified atom stereocenters. The van der Waals surface area contributed by atoms with E-state index in [1.807, 2.05) is 0 Å². The Labute approximate surface area is 139 Å². The smallest absolute Gasteiger partial charge is 0.122 e. The predicted octanol–water partition coefficient (Wildman–Crippen LogP) is 4.48. The van der Waals surface area contributed by atoms with Gasteiger partial charge in [-0.1, -0.05) is 13.8 Å². The SMILES string of the molecule is CC(C)CNCc1ccoc1CN(C)Cc1csc(Br)c1. The summed E-state index contributed by atoms with van der Waals surface area (Å²) in [5.41, 5.74) is 2.59. The number of hydrogen-bond donors (Lipinski definition) is 1. The van der Waals surface area contributed by atoms with E-state index in [0.717, 1.165) is 31.9 Å². The van der Waals surface area contributed by atoms with Crippen LogP contribution in [0.1, 0.15) is 30.7 Å². The van der Waals surface area contributed by atoms with E-state index in [9.17, 15) is 0 Å². The van der Waals surface area contributed by atoms with Crippen LogP contribution in [0.4, 0.5) is 0 Å². The van der Waals surface area contributed by atoms with Crippen molar-refractivity contribution in [2.75, 3.05) is 13.6 Å². The van der Waals surface area contributed by atoms with Crippen LogP contribution in [-0.2, 0) is 19.6 Å². The highest BCUT2D eigenvalue weighted by Crippen LogP contribution is 2.22. The maximum absolute atomic E-state index is 5.65. The van der Waals surface area contributed by atoms with Gasteiger partial charge in [-0.2, -0.15) is 0 Å². The molecule has 2 rings (SSSR count). The zero-order chi connectivity index (χ0) is 15.2. The molecule has 0 spiro atoms. The van der Waals surface area contributed by atoms with Crippen LogP contribution in [-0.4, -0.2) is 18.5 Å². The number of hydrogen-bond acceptors (Lipinski definition) is 4. The van der Waals surface area contributed by atoms with Gasteiger partial charge >= 0.3 is 0 Å². The van der Waals surface area contributed by atoms with Gasteiger partial charge in [0.25, 0.3) is 0 Å². The van der Waals surface area contributed by atoms with Gasteiger partial charge in [-0.15, -0.1) is 11.3 Å². The van der Waals surface area contributed by atoms with Gasteiger partial charge in [0.1, 0.15) is 5.76 Å². The zero-order valence-electron chi connectivity index (χ0n) is 12.9. The highest BCUT2D eigenvalue weighted by molar-refractivity contribution is 9.11. The number of nitrogens with zero attached hydrogens (tertiary/aromatic N) is 1. The molecule has 0 radical (unpaired) electrons. The van der Waals surface area contributed by atoms with Gasteiger partial charge in [-0.3, -0.25) is 4.90 Å². The van der Waals surface area contributed by atoms with Crippen molar-refractivity contribution >= 4 is 27.3 Å². The summed E-state index contributed by atoms with van der Waals surface area (Å²) < 4.78 is 6.83. The van der Waals surface area contributed by atoms with Gasteiger partial charge in [0.2, 0.25) is 0 Å². The van der Waals surface area contributed by atoms with Gasteiger partial charge in [-0.05, 0) is 58.5 Å². The molecule has 3 nitrogen and oxygen atoms in total. The lowest BCUT2D eigenvalue weighted by molar-refractivity contribution is 0.286. The van der Waals surface area contributed by atoms with Gasteiger partial charge in [0.15, 0.2) is 0 Å². The number of thiophene rings is 1. The lowest BCUT2D eigenvalue weighted by Gasteiger charge is -2.15. The molecule has 0 fully saturated rings. The molecule has 5 heteroatoms. The first-order valence-corrected chi connectivity index (χ1v) is 8.89. The molecule has 0 aliphatic carbocycles. The highest BCUT2D eigenvalue weighted by Gasteiger charge is 2.10. The third-order valence-corrected chi connectivity index (χ3v) is 4.75. The average Bonchev–Trinajstić information content (AvgIpc) is 2.99. The Bertz CT molecular complexity index is 550. The summed E-state index contributed by atoms with van der Waals surface area (Å²) in [6.45, 7) is 8.11. The summed E-state index contributed by atoms with van der Waals surface area (Å²) >= 11 is 5.24. The Morgan fingerprint density at radius 3 is 2.86 bits per heavy atom. The standard InChI is InChI=1S/C16H23BrN2OS/c1-12(2)7-18-8-14-4-5-20-15(14)10-19(3)9-13-6-16(17)21-11-13/h4-6,11-12,18H,7-10H2,1-3H3. The van der Waals surface area contributed by atoms with E-state index in [1.165, 1.54) is 14.9 Å². The van der Waals surface area contributed by atoms with Crippen LogP contribution in [0, 0.1) is 5.92 Å². The Kier molecular flexibility index (Phi) is 6.48. The summed E-state index contributed by atoms with van der Waals surface area (Å²) in [5.74, 6) is 1.73. The van der Waals surface area contributed by atoms with Crippen LogP contribution < -0.4 is 5.32 Å². The fraction of sp³-hybridized carbons (Fsp3) is 0.500. The van der Waals surface area contributed by atoms with Crippen LogP contribution >= 0.6 is 27.3 Å². The largest absolute Gasteiger partial charge is 0.468 e. The first-order chi connectivity index (χ1) is 10.0. The summed E-state index contributed by atoms with van der Waals surface area (Å²) in [6, 6.07) is 4.24. The topological polar surface area (TPSA) is 28.4 Å². The minimum Gasteiger partial charge on any atom is -0.468 e. The van der Waals surface area contributed by atoms with Crippen LogP contribution in [0.15, 0.2) is 32.0 Å². The third kappa shape index (κ3) is 5.58. The van der Waals surface area contributed by atoms with E-state index in [1.54, 1.807) is 17.6 Å².